The first-order valence-corrected chi connectivity index (χ1v) is 8.65. The molecule has 0 saturated carbocycles. The average molecular weight is 327 g/mol. The van der Waals surface area contributed by atoms with Crippen molar-refractivity contribution in [2.45, 2.75) is 24.8 Å². The molecule has 0 N–H and O–H groups in total. The summed E-state index contributed by atoms with van der Waals surface area (Å²) < 4.78 is 33.4. The van der Waals surface area contributed by atoms with Gasteiger partial charge in [0.25, 0.3) is 9.05 Å². The molecular weight excluding hydrogens is 312 g/mol. The van der Waals surface area contributed by atoms with Crippen LogP contribution in [-0.2, 0) is 9.05 Å². The van der Waals surface area contributed by atoms with Gasteiger partial charge in [-0.25, -0.2) is 8.42 Å². The Labute approximate surface area is 128 Å². The number of hydrogen-bond donors (Lipinski definition) is 0. The SMILES string of the molecule is CC(C)Oc1ccc(Oc2ccc(S(=O)(=O)Cl)cc2)cc1. The molecule has 0 fully saturated rings. The molecule has 0 heterocycles. The second-order valence-corrected chi connectivity index (χ2v) is 7.22. The highest BCUT2D eigenvalue weighted by atomic mass is 35.7. The van der Waals surface area contributed by atoms with Crippen molar-refractivity contribution >= 4 is 19.7 Å². The maximum absolute atomic E-state index is 11.1. The Hall–Kier alpha value is -1.72. The van der Waals surface area contributed by atoms with Crippen LogP contribution in [0.5, 0.6) is 17.2 Å². The smallest absolute Gasteiger partial charge is 0.261 e. The number of rotatable bonds is 5. The minimum atomic E-state index is -3.71. The fourth-order valence-corrected chi connectivity index (χ4v) is 2.43. The number of halogens is 1. The molecule has 0 bridgehead atoms. The van der Waals surface area contributed by atoms with Gasteiger partial charge >= 0.3 is 0 Å². The molecule has 0 aliphatic rings. The first kappa shape index (κ1) is 15.7. The Kier molecular flexibility index (Phi) is 4.75. The highest BCUT2D eigenvalue weighted by Gasteiger charge is 2.09. The first-order chi connectivity index (χ1) is 9.84. The monoisotopic (exact) mass is 326 g/mol. The molecule has 21 heavy (non-hydrogen) atoms. The molecule has 2 aromatic rings. The fourth-order valence-electron chi connectivity index (χ4n) is 1.66. The van der Waals surface area contributed by atoms with Crippen LogP contribution in [0.4, 0.5) is 0 Å². The molecule has 0 saturated heterocycles. The lowest BCUT2D eigenvalue weighted by atomic mass is 10.3. The third-order valence-electron chi connectivity index (χ3n) is 2.54. The van der Waals surface area contributed by atoms with Crippen molar-refractivity contribution in [3.63, 3.8) is 0 Å². The minimum absolute atomic E-state index is 0.0391. The summed E-state index contributed by atoms with van der Waals surface area (Å²) in [5, 5.41) is 0. The van der Waals surface area contributed by atoms with Crippen molar-refractivity contribution in [3.8, 4) is 17.2 Å². The average Bonchev–Trinajstić information content (AvgIpc) is 2.40. The van der Waals surface area contributed by atoms with Crippen LogP contribution in [0.1, 0.15) is 13.8 Å². The second-order valence-electron chi connectivity index (χ2n) is 4.65. The van der Waals surface area contributed by atoms with Gasteiger partial charge in [-0.2, -0.15) is 0 Å². The van der Waals surface area contributed by atoms with Gasteiger partial charge in [-0.05, 0) is 62.4 Å². The van der Waals surface area contributed by atoms with Crippen molar-refractivity contribution in [1.82, 2.24) is 0 Å². The van der Waals surface area contributed by atoms with E-state index in [0.717, 1.165) is 5.75 Å². The molecule has 2 aromatic carbocycles. The topological polar surface area (TPSA) is 52.6 Å². The minimum Gasteiger partial charge on any atom is -0.491 e. The van der Waals surface area contributed by atoms with Gasteiger partial charge in [0.2, 0.25) is 0 Å². The van der Waals surface area contributed by atoms with Crippen LogP contribution in [0.2, 0.25) is 0 Å². The summed E-state index contributed by atoms with van der Waals surface area (Å²) in [5.74, 6) is 1.92. The zero-order valence-electron chi connectivity index (χ0n) is 11.6. The summed E-state index contributed by atoms with van der Waals surface area (Å²) in [4.78, 5) is 0.0391. The van der Waals surface area contributed by atoms with E-state index in [2.05, 4.69) is 0 Å². The van der Waals surface area contributed by atoms with Gasteiger partial charge in [0, 0.05) is 10.7 Å². The summed E-state index contributed by atoms with van der Waals surface area (Å²) >= 11 is 0. The Bertz CT molecular complexity index is 691. The van der Waals surface area contributed by atoms with Gasteiger partial charge in [0.1, 0.15) is 17.2 Å². The predicted octanol–water partition coefficient (Wildman–Crippen LogP) is 4.19. The van der Waals surface area contributed by atoms with Gasteiger partial charge in [-0.3, -0.25) is 0 Å². The molecule has 0 aromatic heterocycles. The molecule has 4 nitrogen and oxygen atoms in total. The highest BCUT2D eigenvalue weighted by molar-refractivity contribution is 8.13. The van der Waals surface area contributed by atoms with Crippen LogP contribution >= 0.6 is 10.7 Å². The van der Waals surface area contributed by atoms with Gasteiger partial charge in [-0.1, -0.05) is 0 Å². The lowest BCUT2D eigenvalue weighted by Gasteiger charge is -2.10. The van der Waals surface area contributed by atoms with Crippen LogP contribution < -0.4 is 9.47 Å². The van der Waals surface area contributed by atoms with E-state index in [1.807, 2.05) is 26.0 Å². The van der Waals surface area contributed by atoms with E-state index in [1.165, 1.54) is 12.1 Å². The van der Waals surface area contributed by atoms with Crippen LogP contribution in [0, 0.1) is 0 Å². The molecule has 2 rings (SSSR count). The number of ether oxygens (including phenoxy) is 2. The van der Waals surface area contributed by atoms with E-state index in [0.29, 0.717) is 11.5 Å². The maximum atomic E-state index is 11.1. The van der Waals surface area contributed by atoms with Gasteiger partial charge < -0.3 is 9.47 Å². The lowest BCUT2D eigenvalue weighted by molar-refractivity contribution is 0.242. The van der Waals surface area contributed by atoms with Crippen LogP contribution in [-0.4, -0.2) is 14.5 Å². The molecule has 112 valence electrons. The second kappa shape index (κ2) is 6.37. The van der Waals surface area contributed by atoms with E-state index in [1.54, 1.807) is 24.3 Å². The van der Waals surface area contributed by atoms with Gasteiger partial charge in [0.05, 0.1) is 11.0 Å². The summed E-state index contributed by atoms with van der Waals surface area (Å²) in [6.45, 7) is 3.91. The normalized spacial score (nSPS) is 11.4. The molecule has 0 aliphatic heterocycles. The van der Waals surface area contributed by atoms with Crippen molar-refractivity contribution in [3.05, 3.63) is 48.5 Å². The molecule has 0 atom stereocenters. The van der Waals surface area contributed by atoms with E-state index >= 15 is 0 Å². The lowest BCUT2D eigenvalue weighted by Crippen LogP contribution is -2.05. The van der Waals surface area contributed by atoms with Crippen LogP contribution in [0.25, 0.3) is 0 Å². The molecule has 6 heteroatoms. The van der Waals surface area contributed by atoms with Crippen molar-refractivity contribution in [2.24, 2.45) is 0 Å². The quantitative estimate of drug-likeness (QED) is 0.773. The Morgan fingerprint density at radius 3 is 1.71 bits per heavy atom. The van der Waals surface area contributed by atoms with E-state index in [4.69, 9.17) is 20.2 Å². The third kappa shape index (κ3) is 4.65. The van der Waals surface area contributed by atoms with Crippen LogP contribution in [0.3, 0.4) is 0 Å². The van der Waals surface area contributed by atoms with Gasteiger partial charge in [-0.15, -0.1) is 0 Å². The zero-order valence-corrected chi connectivity index (χ0v) is 13.2. The molecular formula is C15H15ClO4S. The summed E-state index contributed by atoms with van der Waals surface area (Å²) in [6.07, 6.45) is 0.113. The fraction of sp³-hybridized carbons (Fsp3) is 0.200. The zero-order chi connectivity index (χ0) is 15.5. The standard InChI is InChI=1S/C15H15ClO4S/c1-11(2)19-12-3-5-13(6-4-12)20-14-7-9-15(10-8-14)21(16,17)18/h3-11H,1-2H3. The van der Waals surface area contributed by atoms with E-state index in [9.17, 15) is 8.42 Å². The molecule has 0 aliphatic carbocycles. The molecule has 0 unspecified atom stereocenters. The predicted molar refractivity (Wildman–Crippen MR) is 81.8 cm³/mol. The maximum Gasteiger partial charge on any atom is 0.261 e. The molecule has 0 amide bonds. The van der Waals surface area contributed by atoms with Crippen molar-refractivity contribution in [2.75, 3.05) is 0 Å². The largest absolute Gasteiger partial charge is 0.491 e. The van der Waals surface area contributed by atoms with E-state index in [-0.39, 0.29) is 11.0 Å². The Morgan fingerprint density at radius 2 is 1.29 bits per heavy atom. The van der Waals surface area contributed by atoms with E-state index < -0.39 is 9.05 Å². The first-order valence-electron chi connectivity index (χ1n) is 6.34. The van der Waals surface area contributed by atoms with Crippen molar-refractivity contribution < 1.29 is 17.9 Å². The van der Waals surface area contributed by atoms with Crippen molar-refractivity contribution in [1.29, 1.82) is 0 Å². The third-order valence-corrected chi connectivity index (χ3v) is 3.91. The summed E-state index contributed by atoms with van der Waals surface area (Å²) in [5.41, 5.74) is 0. The molecule has 0 spiro atoms. The summed E-state index contributed by atoms with van der Waals surface area (Å²) in [7, 11) is 1.54. The number of benzene rings is 2. The Morgan fingerprint density at radius 1 is 0.857 bits per heavy atom. The van der Waals surface area contributed by atoms with Crippen LogP contribution in [0.15, 0.2) is 53.4 Å². The van der Waals surface area contributed by atoms with Gasteiger partial charge in [0.15, 0.2) is 0 Å². The molecule has 0 radical (unpaired) electrons. The Balaban J connectivity index is 2.08. The highest BCUT2D eigenvalue weighted by Crippen LogP contribution is 2.26. The number of hydrogen-bond acceptors (Lipinski definition) is 4. The summed E-state index contributed by atoms with van der Waals surface area (Å²) in [6, 6.07) is 13.1.